The maximum atomic E-state index is 6.40. The van der Waals surface area contributed by atoms with Crippen molar-refractivity contribution in [1.82, 2.24) is 4.90 Å². The zero-order valence-corrected chi connectivity index (χ0v) is 13.2. The van der Waals surface area contributed by atoms with Crippen LogP contribution in [0.15, 0.2) is 18.2 Å². The van der Waals surface area contributed by atoms with E-state index in [1.807, 2.05) is 18.2 Å². The van der Waals surface area contributed by atoms with E-state index in [0.29, 0.717) is 6.54 Å². The van der Waals surface area contributed by atoms with Gasteiger partial charge in [0.1, 0.15) is 5.75 Å². The number of hydrogen-bond donors (Lipinski definition) is 1. The van der Waals surface area contributed by atoms with Crippen LogP contribution in [0, 0.1) is 5.92 Å². The molecule has 0 aromatic heterocycles. The monoisotopic (exact) mass is 296 g/mol. The second-order valence-corrected chi connectivity index (χ2v) is 5.95. The molecule has 1 aromatic carbocycles. The summed E-state index contributed by atoms with van der Waals surface area (Å²) in [5.74, 6) is 1.63. The second-order valence-electron chi connectivity index (χ2n) is 5.55. The highest BCUT2D eigenvalue weighted by molar-refractivity contribution is 6.31. The third-order valence-corrected chi connectivity index (χ3v) is 4.57. The lowest BCUT2D eigenvalue weighted by atomic mass is 10.0. The van der Waals surface area contributed by atoms with Crippen molar-refractivity contribution < 1.29 is 4.74 Å². The zero-order chi connectivity index (χ0) is 14.5. The molecule has 0 amide bonds. The summed E-state index contributed by atoms with van der Waals surface area (Å²) in [4.78, 5) is 2.46. The maximum Gasteiger partial charge on any atom is 0.125 e. The summed E-state index contributed by atoms with van der Waals surface area (Å²) in [5, 5.41) is 0.749. The van der Waals surface area contributed by atoms with Crippen LogP contribution in [0.5, 0.6) is 5.75 Å². The Balaban J connectivity index is 2.21. The summed E-state index contributed by atoms with van der Waals surface area (Å²) in [7, 11) is 1.69. The molecule has 2 atom stereocenters. The predicted octanol–water partition coefficient (Wildman–Crippen LogP) is 3.47. The van der Waals surface area contributed by atoms with Gasteiger partial charge in [0.2, 0.25) is 0 Å². The number of rotatable bonds is 6. The van der Waals surface area contributed by atoms with Crippen molar-refractivity contribution in [1.29, 1.82) is 0 Å². The van der Waals surface area contributed by atoms with Crippen LogP contribution in [-0.2, 0) is 0 Å². The highest BCUT2D eigenvalue weighted by atomic mass is 35.5. The first-order valence-electron chi connectivity index (χ1n) is 7.47. The van der Waals surface area contributed by atoms with Gasteiger partial charge in [-0.25, -0.2) is 0 Å². The molecule has 1 aliphatic heterocycles. The molecule has 3 nitrogen and oxygen atoms in total. The van der Waals surface area contributed by atoms with Gasteiger partial charge in [-0.2, -0.15) is 0 Å². The standard InChI is InChI=1S/C16H25ClN2O/c1-3-5-12-8-9-19(11-12)14(10-18)16-13(17)6-4-7-15(16)20-2/h4,6-7,12,14H,3,5,8-11,18H2,1-2H3. The van der Waals surface area contributed by atoms with Gasteiger partial charge in [0.25, 0.3) is 0 Å². The van der Waals surface area contributed by atoms with Crippen LogP contribution in [0.4, 0.5) is 0 Å². The van der Waals surface area contributed by atoms with Crippen molar-refractivity contribution in [3.63, 3.8) is 0 Å². The SMILES string of the molecule is CCCC1CCN(C(CN)c2c(Cl)cccc2OC)C1. The Bertz CT molecular complexity index is 438. The zero-order valence-electron chi connectivity index (χ0n) is 12.4. The summed E-state index contributed by atoms with van der Waals surface area (Å²) in [5.41, 5.74) is 7.08. The molecule has 20 heavy (non-hydrogen) atoms. The van der Waals surface area contributed by atoms with Crippen molar-refractivity contribution in [3.8, 4) is 5.75 Å². The number of hydrogen-bond acceptors (Lipinski definition) is 3. The third-order valence-electron chi connectivity index (χ3n) is 4.24. The van der Waals surface area contributed by atoms with Crippen LogP contribution >= 0.6 is 11.6 Å². The molecule has 1 saturated heterocycles. The van der Waals surface area contributed by atoms with Gasteiger partial charge in [-0.15, -0.1) is 0 Å². The van der Waals surface area contributed by atoms with Crippen molar-refractivity contribution in [2.45, 2.75) is 32.2 Å². The fraction of sp³-hybridized carbons (Fsp3) is 0.625. The summed E-state index contributed by atoms with van der Waals surface area (Å²) in [6.07, 6.45) is 3.81. The number of likely N-dealkylation sites (tertiary alicyclic amines) is 1. The highest BCUT2D eigenvalue weighted by Gasteiger charge is 2.30. The Morgan fingerprint density at radius 2 is 2.30 bits per heavy atom. The van der Waals surface area contributed by atoms with E-state index in [9.17, 15) is 0 Å². The summed E-state index contributed by atoms with van der Waals surface area (Å²) < 4.78 is 5.48. The molecule has 112 valence electrons. The third kappa shape index (κ3) is 3.27. The minimum atomic E-state index is 0.153. The van der Waals surface area contributed by atoms with Crippen molar-refractivity contribution in [2.24, 2.45) is 11.7 Å². The van der Waals surface area contributed by atoms with Crippen LogP contribution in [0.2, 0.25) is 5.02 Å². The Morgan fingerprint density at radius 1 is 1.50 bits per heavy atom. The summed E-state index contributed by atoms with van der Waals surface area (Å²) in [6.45, 7) is 5.03. The topological polar surface area (TPSA) is 38.5 Å². The number of ether oxygens (including phenoxy) is 1. The van der Waals surface area contributed by atoms with Gasteiger partial charge in [0, 0.05) is 23.7 Å². The Hall–Kier alpha value is -0.770. The molecule has 4 heteroatoms. The number of halogens is 1. The first-order chi connectivity index (χ1) is 9.71. The van der Waals surface area contributed by atoms with Crippen molar-refractivity contribution >= 4 is 11.6 Å². The van der Waals surface area contributed by atoms with Gasteiger partial charge in [-0.3, -0.25) is 4.90 Å². The fourth-order valence-electron chi connectivity index (χ4n) is 3.26. The minimum Gasteiger partial charge on any atom is -0.496 e. The average molecular weight is 297 g/mol. The molecule has 0 aliphatic carbocycles. The molecular weight excluding hydrogens is 272 g/mol. The van der Waals surface area contributed by atoms with E-state index < -0.39 is 0 Å². The van der Waals surface area contributed by atoms with E-state index in [0.717, 1.165) is 35.3 Å². The van der Waals surface area contributed by atoms with Crippen LogP contribution in [-0.4, -0.2) is 31.6 Å². The minimum absolute atomic E-state index is 0.153. The summed E-state index contributed by atoms with van der Waals surface area (Å²) >= 11 is 6.40. The molecule has 2 rings (SSSR count). The fourth-order valence-corrected chi connectivity index (χ4v) is 3.55. The van der Waals surface area contributed by atoms with Gasteiger partial charge in [-0.1, -0.05) is 31.0 Å². The molecule has 2 N–H and O–H groups in total. The number of nitrogens with two attached hydrogens (primary N) is 1. The number of methoxy groups -OCH3 is 1. The van der Waals surface area contributed by atoms with E-state index in [1.54, 1.807) is 7.11 Å². The molecule has 0 radical (unpaired) electrons. The summed E-state index contributed by atoms with van der Waals surface area (Å²) in [6, 6.07) is 5.95. The average Bonchev–Trinajstić information content (AvgIpc) is 2.90. The van der Waals surface area contributed by atoms with Gasteiger partial charge >= 0.3 is 0 Å². The normalized spacial score (nSPS) is 21.1. The largest absolute Gasteiger partial charge is 0.496 e. The Labute approximate surface area is 127 Å². The molecule has 1 fully saturated rings. The van der Waals surface area contributed by atoms with E-state index in [-0.39, 0.29) is 6.04 Å². The maximum absolute atomic E-state index is 6.40. The second kappa shape index (κ2) is 7.30. The Morgan fingerprint density at radius 3 is 2.95 bits per heavy atom. The molecule has 1 aromatic rings. The highest BCUT2D eigenvalue weighted by Crippen LogP contribution is 2.37. The van der Waals surface area contributed by atoms with Crippen LogP contribution in [0.1, 0.15) is 37.8 Å². The van der Waals surface area contributed by atoms with Gasteiger partial charge < -0.3 is 10.5 Å². The molecule has 1 aliphatic rings. The van der Waals surface area contributed by atoms with E-state index in [2.05, 4.69) is 11.8 Å². The first-order valence-corrected chi connectivity index (χ1v) is 7.85. The predicted molar refractivity (Wildman–Crippen MR) is 84.4 cm³/mol. The number of nitrogens with zero attached hydrogens (tertiary/aromatic N) is 1. The molecular formula is C16H25ClN2O. The first kappa shape index (κ1) is 15.6. The van der Waals surface area contributed by atoms with Crippen LogP contribution in [0.25, 0.3) is 0 Å². The molecule has 0 bridgehead atoms. The lowest BCUT2D eigenvalue weighted by Gasteiger charge is -2.29. The van der Waals surface area contributed by atoms with E-state index >= 15 is 0 Å². The van der Waals surface area contributed by atoms with Crippen molar-refractivity contribution in [3.05, 3.63) is 28.8 Å². The number of benzene rings is 1. The quantitative estimate of drug-likeness (QED) is 0.873. The van der Waals surface area contributed by atoms with Crippen LogP contribution in [0.3, 0.4) is 0 Å². The smallest absolute Gasteiger partial charge is 0.125 e. The van der Waals surface area contributed by atoms with Gasteiger partial charge in [0.15, 0.2) is 0 Å². The van der Waals surface area contributed by atoms with Crippen molar-refractivity contribution in [2.75, 3.05) is 26.7 Å². The molecule has 0 saturated carbocycles. The molecule has 2 unspecified atom stereocenters. The van der Waals surface area contributed by atoms with E-state index in [1.165, 1.54) is 19.3 Å². The molecule has 0 spiro atoms. The lowest BCUT2D eigenvalue weighted by Crippen LogP contribution is -2.32. The van der Waals surface area contributed by atoms with Crippen LogP contribution < -0.4 is 10.5 Å². The van der Waals surface area contributed by atoms with Gasteiger partial charge in [0.05, 0.1) is 13.2 Å². The molecule has 1 heterocycles. The van der Waals surface area contributed by atoms with Gasteiger partial charge in [-0.05, 0) is 37.4 Å². The Kier molecular flexibility index (Phi) is 5.70. The van der Waals surface area contributed by atoms with E-state index in [4.69, 9.17) is 22.1 Å². The lowest BCUT2D eigenvalue weighted by molar-refractivity contribution is 0.234.